The van der Waals surface area contributed by atoms with E-state index in [1.54, 1.807) is 29.8 Å². The minimum absolute atomic E-state index is 0.0149. The summed E-state index contributed by atoms with van der Waals surface area (Å²) >= 11 is 0. The lowest BCUT2D eigenvalue weighted by Crippen LogP contribution is -2.57. The van der Waals surface area contributed by atoms with Crippen LogP contribution in [0.3, 0.4) is 0 Å². The van der Waals surface area contributed by atoms with E-state index in [0.29, 0.717) is 31.9 Å². The quantitative estimate of drug-likeness (QED) is 0.784. The maximum absolute atomic E-state index is 13.7. The van der Waals surface area contributed by atoms with Crippen molar-refractivity contribution in [1.29, 1.82) is 0 Å². The van der Waals surface area contributed by atoms with Gasteiger partial charge in [0, 0.05) is 37.0 Å². The van der Waals surface area contributed by atoms with E-state index in [0.717, 1.165) is 12.0 Å². The van der Waals surface area contributed by atoms with E-state index < -0.39 is 6.04 Å². The molecule has 3 atom stereocenters. The predicted molar refractivity (Wildman–Crippen MR) is 85.1 cm³/mol. The van der Waals surface area contributed by atoms with Crippen LogP contribution in [0.2, 0.25) is 0 Å². The normalized spacial score (nSPS) is 31.7. The summed E-state index contributed by atoms with van der Waals surface area (Å²) in [6, 6.07) is 4.10. The molecule has 3 aliphatic rings. The Balaban J connectivity index is 1.60. The summed E-state index contributed by atoms with van der Waals surface area (Å²) in [5.74, 6) is 0.185. The van der Waals surface area contributed by atoms with E-state index in [2.05, 4.69) is 0 Å². The highest BCUT2D eigenvalue weighted by Crippen LogP contribution is 2.61. The molecule has 6 heteroatoms. The van der Waals surface area contributed by atoms with Gasteiger partial charge in [-0.2, -0.15) is 0 Å². The Bertz CT molecular complexity index is 722. The molecule has 128 valence electrons. The first kappa shape index (κ1) is 15.4. The molecule has 1 saturated carbocycles. The van der Waals surface area contributed by atoms with Crippen molar-refractivity contribution in [2.75, 3.05) is 26.7 Å². The van der Waals surface area contributed by atoms with Crippen molar-refractivity contribution in [3.05, 3.63) is 29.6 Å². The molecule has 1 spiro atoms. The average Bonchev–Trinajstić information content (AvgIpc) is 3.28. The summed E-state index contributed by atoms with van der Waals surface area (Å²) in [5, 5.41) is 0. The number of fused-ring (bicyclic) bond motifs is 2. The summed E-state index contributed by atoms with van der Waals surface area (Å²) < 4.78 is 19.3. The van der Waals surface area contributed by atoms with Gasteiger partial charge in [0.15, 0.2) is 0 Å². The summed E-state index contributed by atoms with van der Waals surface area (Å²) in [6.07, 6.45) is 1.43. The molecule has 24 heavy (non-hydrogen) atoms. The van der Waals surface area contributed by atoms with Gasteiger partial charge < -0.3 is 14.5 Å². The van der Waals surface area contributed by atoms with Crippen molar-refractivity contribution in [2.24, 2.45) is 5.92 Å². The highest BCUT2D eigenvalue weighted by molar-refractivity contribution is 5.91. The number of hydrogen-bond donors (Lipinski definition) is 0. The number of rotatable bonds is 1. The van der Waals surface area contributed by atoms with Crippen molar-refractivity contribution >= 4 is 11.8 Å². The van der Waals surface area contributed by atoms with Gasteiger partial charge >= 0.3 is 0 Å². The molecular formula is C18H21FN2O3. The van der Waals surface area contributed by atoms with Crippen LogP contribution in [0.25, 0.3) is 0 Å². The Hall–Kier alpha value is -2.11. The van der Waals surface area contributed by atoms with Gasteiger partial charge in [-0.3, -0.25) is 9.59 Å². The molecule has 1 aliphatic carbocycles. The molecule has 5 nitrogen and oxygen atoms in total. The zero-order valence-electron chi connectivity index (χ0n) is 13.9. The van der Waals surface area contributed by atoms with E-state index in [4.69, 9.17) is 4.74 Å². The topological polar surface area (TPSA) is 49.9 Å². The largest absolute Gasteiger partial charge is 0.493 e. The number of halogens is 1. The van der Waals surface area contributed by atoms with Crippen LogP contribution < -0.4 is 4.74 Å². The van der Waals surface area contributed by atoms with E-state index >= 15 is 0 Å². The summed E-state index contributed by atoms with van der Waals surface area (Å²) in [7, 11) is 1.76. The average molecular weight is 332 g/mol. The molecule has 1 saturated heterocycles. The third-order valence-corrected chi connectivity index (χ3v) is 5.82. The highest BCUT2D eigenvalue weighted by atomic mass is 19.1. The molecule has 0 N–H and O–H groups in total. The second kappa shape index (κ2) is 5.19. The summed E-state index contributed by atoms with van der Waals surface area (Å²) in [4.78, 5) is 28.5. The van der Waals surface area contributed by atoms with Crippen LogP contribution in [-0.2, 0) is 15.0 Å². The lowest BCUT2D eigenvalue weighted by molar-refractivity contribution is -0.150. The van der Waals surface area contributed by atoms with Crippen LogP contribution in [0.15, 0.2) is 18.2 Å². The summed E-state index contributed by atoms with van der Waals surface area (Å²) in [5.41, 5.74) is 0.485. The van der Waals surface area contributed by atoms with Gasteiger partial charge in [0.05, 0.1) is 6.61 Å². The zero-order valence-corrected chi connectivity index (χ0v) is 13.9. The number of carbonyl (C=O) groups is 2. The van der Waals surface area contributed by atoms with Gasteiger partial charge in [-0.25, -0.2) is 4.39 Å². The smallest absolute Gasteiger partial charge is 0.244 e. The van der Waals surface area contributed by atoms with Crippen LogP contribution in [0.4, 0.5) is 4.39 Å². The van der Waals surface area contributed by atoms with Crippen LogP contribution in [0, 0.1) is 11.7 Å². The van der Waals surface area contributed by atoms with Crippen LogP contribution >= 0.6 is 0 Å². The first-order valence-corrected chi connectivity index (χ1v) is 8.42. The molecule has 2 aliphatic heterocycles. The Morgan fingerprint density at radius 1 is 1.38 bits per heavy atom. The highest BCUT2D eigenvalue weighted by Gasteiger charge is 2.62. The van der Waals surface area contributed by atoms with Crippen LogP contribution in [-0.4, -0.2) is 54.4 Å². The Kier molecular flexibility index (Phi) is 3.34. The van der Waals surface area contributed by atoms with Gasteiger partial charge in [-0.05, 0) is 38.0 Å². The molecular weight excluding hydrogens is 311 g/mol. The molecule has 0 bridgehead atoms. The van der Waals surface area contributed by atoms with Crippen molar-refractivity contribution in [2.45, 2.75) is 31.2 Å². The number of carbonyl (C=O) groups excluding carboxylic acids is 2. The molecule has 2 heterocycles. The second-order valence-corrected chi connectivity index (χ2v) is 7.12. The van der Waals surface area contributed by atoms with Gasteiger partial charge in [0.1, 0.15) is 17.6 Å². The monoisotopic (exact) mass is 332 g/mol. The fourth-order valence-electron chi connectivity index (χ4n) is 4.21. The zero-order chi connectivity index (χ0) is 17.1. The SMILES string of the molecule is C[C@H]1C(=O)N(C)CCN1C(=O)[C@H]1C[C@@]12CCOc1ccc(F)cc12. The number of piperazine rings is 1. The van der Waals surface area contributed by atoms with E-state index in [1.807, 2.05) is 0 Å². The Morgan fingerprint density at radius 3 is 2.96 bits per heavy atom. The molecule has 2 amide bonds. The first-order chi connectivity index (χ1) is 11.4. The third-order valence-electron chi connectivity index (χ3n) is 5.82. The predicted octanol–water partition coefficient (Wildman–Crippen LogP) is 1.55. The van der Waals surface area contributed by atoms with Crippen molar-refractivity contribution in [1.82, 2.24) is 9.80 Å². The van der Waals surface area contributed by atoms with Crippen molar-refractivity contribution in [3.63, 3.8) is 0 Å². The van der Waals surface area contributed by atoms with Gasteiger partial charge in [-0.15, -0.1) is 0 Å². The van der Waals surface area contributed by atoms with Crippen molar-refractivity contribution < 1.29 is 18.7 Å². The molecule has 0 radical (unpaired) electrons. The maximum atomic E-state index is 13.7. The Morgan fingerprint density at radius 2 is 2.17 bits per heavy atom. The molecule has 1 aromatic carbocycles. The lowest BCUT2D eigenvalue weighted by Gasteiger charge is -2.38. The number of benzene rings is 1. The summed E-state index contributed by atoms with van der Waals surface area (Å²) in [6.45, 7) is 3.44. The molecule has 1 aromatic rings. The van der Waals surface area contributed by atoms with E-state index in [-0.39, 0.29) is 29.0 Å². The number of nitrogens with zero attached hydrogens (tertiary/aromatic N) is 2. The Labute approximate surface area is 140 Å². The van der Waals surface area contributed by atoms with E-state index in [1.165, 1.54) is 12.1 Å². The molecule has 0 unspecified atom stereocenters. The second-order valence-electron chi connectivity index (χ2n) is 7.12. The lowest BCUT2D eigenvalue weighted by atomic mass is 9.87. The molecule has 0 aromatic heterocycles. The fraction of sp³-hybridized carbons (Fsp3) is 0.556. The fourth-order valence-corrected chi connectivity index (χ4v) is 4.21. The molecule has 2 fully saturated rings. The van der Waals surface area contributed by atoms with Crippen molar-refractivity contribution in [3.8, 4) is 5.75 Å². The van der Waals surface area contributed by atoms with Crippen LogP contribution in [0.5, 0.6) is 5.75 Å². The first-order valence-electron chi connectivity index (χ1n) is 8.42. The molecule has 4 rings (SSSR count). The maximum Gasteiger partial charge on any atom is 0.244 e. The van der Waals surface area contributed by atoms with Gasteiger partial charge in [-0.1, -0.05) is 0 Å². The van der Waals surface area contributed by atoms with E-state index in [9.17, 15) is 14.0 Å². The number of hydrogen-bond acceptors (Lipinski definition) is 3. The van der Waals surface area contributed by atoms with Crippen LogP contribution in [0.1, 0.15) is 25.3 Å². The number of ether oxygens (including phenoxy) is 1. The number of likely N-dealkylation sites (N-methyl/N-ethyl adjacent to an activating group) is 1. The minimum atomic E-state index is -0.430. The standard InChI is InChI=1S/C18H21FN2O3/c1-11-16(22)20(2)6-7-21(11)17(23)14-10-18(14)5-8-24-15-4-3-12(19)9-13(15)18/h3-4,9,11,14H,5-8,10H2,1-2H3/t11-,14+,18+/m0/s1. The third kappa shape index (κ3) is 2.12. The van der Waals surface area contributed by atoms with Gasteiger partial charge in [0.2, 0.25) is 11.8 Å². The van der Waals surface area contributed by atoms with Gasteiger partial charge in [0.25, 0.3) is 0 Å². The minimum Gasteiger partial charge on any atom is -0.493 e. The number of amides is 2.